The molecule has 2 heteroatoms. The molecule has 0 spiro atoms. The molecule has 8 aromatic rings. The highest BCUT2D eigenvalue weighted by Gasteiger charge is 2.45. The van der Waals surface area contributed by atoms with E-state index in [-0.39, 0.29) is 10.8 Å². The summed E-state index contributed by atoms with van der Waals surface area (Å²) in [6.07, 6.45) is 0. The average Bonchev–Trinajstić information content (AvgIpc) is 3.25. The lowest BCUT2D eigenvalue weighted by Gasteiger charge is -2.49. The van der Waals surface area contributed by atoms with Crippen LogP contribution in [0.1, 0.15) is 49.9 Å². The monoisotopic (exact) mass is 720 g/mol. The van der Waals surface area contributed by atoms with Crippen molar-refractivity contribution >= 4 is 34.1 Å². The van der Waals surface area contributed by atoms with Crippen LogP contribution in [0.15, 0.2) is 194 Å². The van der Waals surface area contributed by atoms with Gasteiger partial charge in [-0.25, -0.2) is 0 Å². The summed E-state index contributed by atoms with van der Waals surface area (Å²) in [4.78, 5) is 4.89. The van der Waals surface area contributed by atoms with Crippen molar-refractivity contribution in [1.29, 1.82) is 0 Å². The minimum Gasteiger partial charge on any atom is -0.311 e. The third kappa shape index (κ3) is 5.39. The zero-order chi connectivity index (χ0) is 38.0. The highest BCUT2D eigenvalue weighted by molar-refractivity contribution is 5.94. The molecule has 10 rings (SSSR count). The van der Waals surface area contributed by atoms with Gasteiger partial charge in [0.2, 0.25) is 0 Å². The standard InChI is InChI=1S/C54H44N2/c1-53(2)46-19-11-13-21-50(46)56-51-22-14-12-20-47(51)54(3,4)49-36-42(35-48(53)52(49)56)41-27-33-45(34-28-41)55(43-29-23-39(24-30-43)37-15-7-5-8-16-37)44-31-25-40(26-32-44)38-17-9-6-10-18-38/h5-36H,1-4H3. The van der Waals surface area contributed by atoms with Crippen LogP contribution < -0.4 is 9.80 Å². The summed E-state index contributed by atoms with van der Waals surface area (Å²) in [7, 11) is 0. The van der Waals surface area contributed by atoms with E-state index in [0.717, 1.165) is 17.1 Å². The Balaban J connectivity index is 1.08. The van der Waals surface area contributed by atoms with Crippen molar-refractivity contribution in [2.24, 2.45) is 0 Å². The molecular formula is C54H44N2. The Labute approximate surface area is 331 Å². The summed E-state index contributed by atoms with van der Waals surface area (Å²) in [6, 6.07) is 71.1. The second-order valence-electron chi connectivity index (χ2n) is 16.2. The molecule has 0 aliphatic carbocycles. The summed E-state index contributed by atoms with van der Waals surface area (Å²) < 4.78 is 0. The second-order valence-corrected chi connectivity index (χ2v) is 16.2. The maximum atomic E-state index is 2.53. The Morgan fingerprint density at radius 3 is 1.04 bits per heavy atom. The van der Waals surface area contributed by atoms with Crippen LogP contribution in [0.3, 0.4) is 0 Å². The first-order chi connectivity index (χ1) is 27.3. The summed E-state index contributed by atoms with van der Waals surface area (Å²) in [6.45, 7) is 9.57. The van der Waals surface area contributed by atoms with Crippen LogP contribution >= 0.6 is 0 Å². The van der Waals surface area contributed by atoms with Crippen molar-refractivity contribution in [3.63, 3.8) is 0 Å². The molecule has 0 saturated carbocycles. The van der Waals surface area contributed by atoms with Crippen molar-refractivity contribution in [1.82, 2.24) is 0 Å². The third-order valence-corrected chi connectivity index (χ3v) is 12.2. The smallest absolute Gasteiger partial charge is 0.0544 e. The van der Waals surface area contributed by atoms with Gasteiger partial charge in [0.05, 0.1) is 17.1 Å². The van der Waals surface area contributed by atoms with E-state index in [1.807, 2.05) is 0 Å². The SMILES string of the molecule is CC1(C)c2ccccc2N2c3ccccc3C(C)(C)c3cc(-c4ccc(N(c5ccc(-c6ccccc6)cc5)c5ccc(-c6ccccc6)cc5)cc4)cc1c32. The minimum atomic E-state index is -0.176. The number of nitrogens with zero attached hydrogens (tertiary/aromatic N) is 2. The Hall–Kier alpha value is -6.64. The van der Waals surface area contributed by atoms with E-state index in [0.29, 0.717) is 0 Å². The van der Waals surface area contributed by atoms with Crippen molar-refractivity contribution < 1.29 is 0 Å². The molecule has 0 N–H and O–H groups in total. The van der Waals surface area contributed by atoms with Gasteiger partial charge in [-0.2, -0.15) is 0 Å². The van der Waals surface area contributed by atoms with Gasteiger partial charge in [0.1, 0.15) is 0 Å². The van der Waals surface area contributed by atoms with Crippen LogP contribution in [-0.4, -0.2) is 0 Å². The fraction of sp³-hybridized carbons (Fsp3) is 0.111. The summed E-state index contributed by atoms with van der Waals surface area (Å²) >= 11 is 0. The van der Waals surface area contributed by atoms with Crippen molar-refractivity contribution in [2.45, 2.75) is 38.5 Å². The van der Waals surface area contributed by atoms with Gasteiger partial charge in [-0.1, -0.05) is 161 Å². The van der Waals surface area contributed by atoms with Crippen LogP contribution in [-0.2, 0) is 10.8 Å². The van der Waals surface area contributed by atoms with Gasteiger partial charge in [-0.3, -0.25) is 0 Å². The lowest BCUT2D eigenvalue weighted by Crippen LogP contribution is -2.38. The molecular weight excluding hydrogens is 677 g/mol. The Bertz CT molecular complexity index is 2540. The van der Waals surface area contributed by atoms with Crippen LogP contribution in [0.2, 0.25) is 0 Å². The highest BCUT2D eigenvalue weighted by Crippen LogP contribution is 2.60. The van der Waals surface area contributed by atoms with E-state index >= 15 is 0 Å². The molecule has 270 valence electrons. The number of rotatable bonds is 6. The van der Waals surface area contributed by atoms with E-state index in [1.54, 1.807) is 0 Å². The predicted molar refractivity (Wildman–Crippen MR) is 236 cm³/mol. The normalized spacial score (nSPS) is 14.3. The maximum absolute atomic E-state index is 2.53. The Morgan fingerprint density at radius 1 is 0.321 bits per heavy atom. The van der Waals surface area contributed by atoms with Crippen LogP contribution in [0, 0.1) is 0 Å². The van der Waals surface area contributed by atoms with E-state index in [9.17, 15) is 0 Å². The topological polar surface area (TPSA) is 6.48 Å². The number of para-hydroxylation sites is 2. The molecule has 0 saturated heterocycles. The molecule has 56 heavy (non-hydrogen) atoms. The van der Waals surface area contributed by atoms with Crippen molar-refractivity contribution in [3.05, 3.63) is 216 Å². The quantitative estimate of drug-likeness (QED) is 0.169. The van der Waals surface area contributed by atoms with Crippen molar-refractivity contribution in [3.8, 4) is 33.4 Å². The predicted octanol–water partition coefficient (Wildman–Crippen LogP) is 14.9. The zero-order valence-electron chi connectivity index (χ0n) is 32.4. The maximum Gasteiger partial charge on any atom is 0.0544 e. The third-order valence-electron chi connectivity index (χ3n) is 12.2. The number of anilines is 6. The van der Waals surface area contributed by atoms with Gasteiger partial charge >= 0.3 is 0 Å². The molecule has 0 atom stereocenters. The van der Waals surface area contributed by atoms with E-state index in [4.69, 9.17) is 0 Å². The molecule has 2 nitrogen and oxygen atoms in total. The summed E-state index contributed by atoms with van der Waals surface area (Å²) in [5, 5.41) is 0. The lowest BCUT2D eigenvalue weighted by atomic mass is 9.65. The van der Waals surface area contributed by atoms with Gasteiger partial charge in [-0.05, 0) is 116 Å². The van der Waals surface area contributed by atoms with Gasteiger partial charge < -0.3 is 9.80 Å². The molecule has 0 bridgehead atoms. The number of hydrogen-bond acceptors (Lipinski definition) is 2. The molecule has 8 aromatic carbocycles. The van der Waals surface area contributed by atoms with Crippen LogP contribution in [0.5, 0.6) is 0 Å². The average molecular weight is 721 g/mol. The number of benzene rings is 8. The van der Waals surface area contributed by atoms with E-state index in [2.05, 4.69) is 232 Å². The molecule has 0 fully saturated rings. The molecule has 2 heterocycles. The first kappa shape index (κ1) is 33.9. The number of fused-ring (bicyclic) bond motifs is 4. The van der Waals surface area contributed by atoms with Crippen LogP contribution in [0.4, 0.5) is 34.1 Å². The second kappa shape index (κ2) is 13.0. The Morgan fingerprint density at radius 2 is 0.643 bits per heavy atom. The summed E-state index contributed by atoms with van der Waals surface area (Å²) in [5.74, 6) is 0. The van der Waals surface area contributed by atoms with Crippen LogP contribution in [0.25, 0.3) is 33.4 Å². The minimum absolute atomic E-state index is 0.176. The molecule has 0 aromatic heterocycles. The Kier molecular flexibility index (Phi) is 7.87. The zero-order valence-corrected chi connectivity index (χ0v) is 32.4. The summed E-state index contributed by atoms with van der Waals surface area (Å²) in [5.41, 5.74) is 19.6. The molecule has 0 amide bonds. The molecule has 0 unspecified atom stereocenters. The highest BCUT2D eigenvalue weighted by atomic mass is 15.2. The molecule has 0 radical (unpaired) electrons. The first-order valence-electron chi connectivity index (χ1n) is 19.7. The van der Waals surface area contributed by atoms with Gasteiger partial charge in [0.15, 0.2) is 0 Å². The molecule has 2 aliphatic rings. The van der Waals surface area contributed by atoms with Gasteiger partial charge in [0.25, 0.3) is 0 Å². The van der Waals surface area contributed by atoms with E-state index < -0.39 is 0 Å². The molecule has 2 aliphatic heterocycles. The van der Waals surface area contributed by atoms with Crippen molar-refractivity contribution in [2.75, 3.05) is 9.80 Å². The largest absolute Gasteiger partial charge is 0.311 e. The van der Waals surface area contributed by atoms with Gasteiger partial charge in [-0.15, -0.1) is 0 Å². The van der Waals surface area contributed by atoms with Gasteiger partial charge in [0, 0.05) is 27.9 Å². The number of hydrogen-bond donors (Lipinski definition) is 0. The lowest BCUT2D eigenvalue weighted by molar-refractivity contribution is 0.598. The van der Waals surface area contributed by atoms with E-state index in [1.165, 1.54) is 72.7 Å². The fourth-order valence-electron chi connectivity index (χ4n) is 9.17. The first-order valence-corrected chi connectivity index (χ1v) is 19.7. The fourth-order valence-corrected chi connectivity index (χ4v) is 9.17.